The van der Waals surface area contributed by atoms with Gasteiger partial charge in [0.1, 0.15) is 5.75 Å². The number of nitrogens with zero attached hydrogens (tertiary/aromatic N) is 2. The number of benzene rings is 1. The summed E-state index contributed by atoms with van der Waals surface area (Å²) in [6.07, 6.45) is 4.91. The van der Waals surface area contributed by atoms with Crippen LogP contribution in [0.4, 0.5) is 5.69 Å². The standard InChI is InChI=1S/C21H28N2O3S/c1-2-3-4-10-22-11-8-21(17-9-12-27-16-17)18(14-22)15-26-20-7-5-6-19(13-20)23(24)25/h5-7,9,12-13,16,18,21H,2-4,8,10-11,14-15H2,1H3. The molecule has 0 amide bonds. The van der Waals surface area contributed by atoms with Crippen LogP contribution in [0.2, 0.25) is 0 Å². The molecule has 2 heterocycles. The number of hydrogen-bond acceptors (Lipinski definition) is 5. The molecule has 3 rings (SSSR count). The smallest absolute Gasteiger partial charge is 0.273 e. The quantitative estimate of drug-likeness (QED) is 0.331. The van der Waals surface area contributed by atoms with Gasteiger partial charge in [0.05, 0.1) is 17.6 Å². The molecule has 1 aliphatic heterocycles. The molecule has 2 atom stereocenters. The van der Waals surface area contributed by atoms with E-state index in [1.54, 1.807) is 23.5 Å². The van der Waals surface area contributed by atoms with Gasteiger partial charge < -0.3 is 9.64 Å². The molecule has 0 aliphatic carbocycles. The van der Waals surface area contributed by atoms with Crippen LogP contribution in [0.1, 0.15) is 44.1 Å². The second-order valence-electron chi connectivity index (χ2n) is 7.29. The minimum Gasteiger partial charge on any atom is -0.493 e. The highest BCUT2D eigenvalue weighted by Gasteiger charge is 2.31. The molecule has 0 saturated carbocycles. The van der Waals surface area contributed by atoms with Crippen LogP contribution in [0.5, 0.6) is 5.75 Å². The first-order valence-corrected chi connectivity index (χ1v) is 10.7. The van der Waals surface area contributed by atoms with Gasteiger partial charge in [-0.1, -0.05) is 25.8 Å². The topological polar surface area (TPSA) is 55.6 Å². The Morgan fingerprint density at radius 3 is 2.96 bits per heavy atom. The number of likely N-dealkylation sites (tertiary alicyclic amines) is 1. The Morgan fingerprint density at radius 2 is 2.22 bits per heavy atom. The fourth-order valence-electron chi connectivity index (χ4n) is 3.88. The third-order valence-electron chi connectivity index (χ3n) is 5.36. The van der Waals surface area contributed by atoms with E-state index < -0.39 is 0 Å². The van der Waals surface area contributed by atoms with Gasteiger partial charge in [0.15, 0.2) is 0 Å². The summed E-state index contributed by atoms with van der Waals surface area (Å²) in [6, 6.07) is 8.72. The molecule has 1 aromatic carbocycles. The zero-order valence-electron chi connectivity index (χ0n) is 15.9. The second-order valence-corrected chi connectivity index (χ2v) is 8.07. The Hall–Kier alpha value is -1.92. The average molecular weight is 389 g/mol. The maximum Gasteiger partial charge on any atom is 0.273 e. The van der Waals surface area contributed by atoms with Gasteiger partial charge in [-0.25, -0.2) is 0 Å². The van der Waals surface area contributed by atoms with Crippen molar-refractivity contribution in [3.05, 3.63) is 56.8 Å². The number of nitro groups is 1. The van der Waals surface area contributed by atoms with Gasteiger partial charge in [0, 0.05) is 18.5 Å². The zero-order valence-corrected chi connectivity index (χ0v) is 16.7. The summed E-state index contributed by atoms with van der Waals surface area (Å²) in [5.41, 5.74) is 1.48. The summed E-state index contributed by atoms with van der Waals surface area (Å²) in [5, 5.41) is 15.4. The lowest BCUT2D eigenvalue weighted by Gasteiger charge is -2.38. The van der Waals surface area contributed by atoms with Gasteiger partial charge in [-0.15, -0.1) is 0 Å². The molecule has 1 saturated heterocycles. The normalized spacial score (nSPS) is 20.5. The van der Waals surface area contributed by atoms with Crippen molar-refractivity contribution in [2.45, 2.75) is 38.5 Å². The maximum absolute atomic E-state index is 11.0. The van der Waals surface area contributed by atoms with Gasteiger partial charge in [0.2, 0.25) is 0 Å². The minimum atomic E-state index is -0.378. The second kappa shape index (κ2) is 9.85. The van der Waals surface area contributed by atoms with E-state index in [1.165, 1.54) is 37.0 Å². The lowest BCUT2D eigenvalue weighted by molar-refractivity contribution is -0.384. The van der Waals surface area contributed by atoms with Crippen LogP contribution < -0.4 is 4.74 Å². The van der Waals surface area contributed by atoms with Crippen molar-refractivity contribution in [3.8, 4) is 5.75 Å². The van der Waals surface area contributed by atoms with E-state index in [0.29, 0.717) is 24.2 Å². The number of thiophene rings is 1. The Balaban J connectivity index is 1.65. The first kappa shape index (κ1) is 19.8. The maximum atomic E-state index is 11.0. The van der Waals surface area contributed by atoms with Crippen molar-refractivity contribution < 1.29 is 9.66 Å². The summed E-state index contributed by atoms with van der Waals surface area (Å²) in [6.45, 7) is 6.14. The van der Waals surface area contributed by atoms with Crippen molar-refractivity contribution in [3.63, 3.8) is 0 Å². The molecular formula is C21H28N2O3S. The summed E-state index contributed by atoms with van der Waals surface area (Å²) >= 11 is 1.74. The van der Waals surface area contributed by atoms with Crippen LogP contribution in [0.3, 0.4) is 0 Å². The predicted molar refractivity (Wildman–Crippen MR) is 110 cm³/mol. The third kappa shape index (κ3) is 5.53. The molecular weight excluding hydrogens is 360 g/mol. The number of non-ortho nitro benzene ring substituents is 1. The first-order chi connectivity index (χ1) is 13.2. The van der Waals surface area contributed by atoms with E-state index in [1.807, 2.05) is 0 Å². The largest absolute Gasteiger partial charge is 0.493 e. The Morgan fingerprint density at radius 1 is 1.33 bits per heavy atom. The van der Waals surface area contributed by atoms with Crippen LogP contribution in [-0.2, 0) is 0 Å². The number of piperidine rings is 1. The van der Waals surface area contributed by atoms with E-state index in [-0.39, 0.29) is 10.6 Å². The van der Waals surface area contributed by atoms with E-state index in [0.717, 1.165) is 26.1 Å². The molecule has 146 valence electrons. The van der Waals surface area contributed by atoms with E-state index in [2.05, 4.69) is 28.7 Å². The number of hydrogen-bond donors (Lipinski definition) is 0. The summed E-state index contributed by atoms with van der Waals surface area (Å²) in [4.78, 5) is 13.2. The Bertz CT molecular complexity index is 720. The monoisotopic (exact) mass is 388 g/mol. The highest BCUT2D eigenvalue weighted by atomic mass is 32.1. The molecule has 2 unspecified atom stereocenters. The van der Waals surface area contributed by atoms with Crippen molar-refractivity contribution >= 4 is 17.0 Å². The summed E-state index contributed by atoms with van der Waals surface area (Å²) < 4.78 is 6.01. The molecule has 1 aliphatic rings. The van der Waals surface area contributed by atoms with Crippen molar-refractivity contribution in [1.82, 2.24) is 4.90 Å². The zero-order chi connectivity index (χ0) is 19.1. The molecule has 0 spiro atoms. The Kier molecular flexibility index (Phi) is 7.24. The third-order valence-corrected chi connectivity index (χ3v) is 6.06. The average Bonchev–Trinajstić information content (AvgIpc) is 3.21. The van der Waals surface area contributed by atoms with Gasteiger partial charge in [-0.3, -0.25) is 10.1 Å². The summed E-state index contributed by atoms with van der Waals surface area (Å²) in [5.74, 6) is 1.47. The Labute approximate surface area is 165 Å². The number of ether oxygens (including phenoxy) is 1. The SMILES string of the molecule is CCCCCN1CCC(c2ccsc2)C(COc2cccc([N+](=O)[O-])c2)C1. The number of unbranched alkanes of at least 4 members (excludes halogenated alkanes) is 2. The lowest BCUT2D eigenvalue weighted by Crippen LogP contribution is -2.42. The highest BCUT2D eigenvalue weighted by Crippen LogP contribution is 2.35. The molecule has 0 N–H and O–H groups in total. The number of rotatable bonds is 9. The van der Waals surface area contributed by atoms with Crippen LogP contribution in [-0.4, -0.2) is 36.1 Å². The van der Waals surface area contributed by atoms with Gasteiger partial charge in [-0.2, -0.15) is 11.3 Å². The first-order valence-electron chi connectivity index (χ1n) is 9.79. The van der Waals surface area contributed by atoms with Crippen molar-refractivity contribution in [2.24, 2.45) is 5.92 Å². The minimum absolute atomic E-state index is 0.0757. The molecule has 1 aromatic heterocycles. The van der Waals surface area contributed by atoms with Gasteiger partial charge >= 0.3 is 0 Å². The number of nitro benzene ring substituents is 1. The molecule has 27 heavy (non-hydrogen) atoms. The fraction of sp³-hybridized carbons (Fsp3) is 0.524. The summed E-state index contributed by atoms with van der Waals surface area (Å²) in [7, 11) is 0. The highest BCUT2D eigenvalue weighted by molar-refractivity contribution is 7.07. The molecule has 1 fully saturated rings. The molecule has 0 bridgehead atoms. The molecule has 6 heteroatoms. The lowest BCUT2D eigenvalue weighted by atomic mass is 9.82. The molecule has 2 aromatic rings. The van der Waals surface area contributed by atoms with Crippen LogP contribution >= 0.6 is 11.3 Å². The van der Waals surface area contributed by atoms with Crippen LogP contribution in [0.15, 0.2) is 41.1 Å². The van der Waals surface area contributed by atoms with E-state index >= 15 is 0 Å². The van der Waals surface area contributed by atoms with Gasteiger partial charge in [-0.05, 0) is 60.3 Å². The van der Waals surface area contributed by atoms with Gasteiger partial charge in [0.25, 0.3) is 5.69 Å². The van der Waals surface area contributed by atoms with Crippen LogP contribution in [0.25, 0.3) is 0 Å². The van der Waals surface area contributed by atoms with Crippen molar-refractivity contribution in [1.29, 1.82) is 0 Å². The van der Waals surface area contributed by atoms with E-state index in [9.17, 15) is 10.1 Å². The fourth-order valence-corrected chi connectivity index (χ4v) is 4.60. The molecule has 5 nitrogen and oxygen atoms in total. The van der Waals surface area contributed by atoms with E-state index in [4.69, 9.17) is 4.74 Å². The predicted octanol–water partition coefficient (Wildman–Crippen LogP) is 5.33. The molecule has 0 radical (unpaired) electrons. The van der Waals surface area contributed by atoms with Crippen LogP contribution in [0, 0.1) is 16.0 Å². The van der Waals surface area contributed by atoms with Crippen molar-refractivity contribution in [2.75, 3.05) is 26.2 Å².